The van der Waals surface area contributed by atoms with E-state index >= 15 is 0 Å². The number of aliphatic hydroxyl groups is 1. The van der Waals surface area contributed by atoms with E-state index in [1.165, 1.54) is 0 Å². The van der Waals surface area contributed by atoms with Crippen LogP contribution in [-0.2, 0) is 0 Å². The molecule has 0 aliphatic rings. The fourth-order valence-electron chi connectivity index (χ4n) is 1.36. The van der Waals surface area contributed by atoms with E-state index in [-0.39, 0.29) is 36.2 Å². The summed E-state index contributed by atoms with van der Waals surface area (Å²) < 4.78 is 61.3. The molecule has 2 N–H and O–H groups in total. The third-order valence-electron chi connectivity index (χ3n) is 2.20. The molecule has 108 valence electrons. The third-order valence-corrected chi connectivity index (χ3v) is 2.94. The van der Waals surface area contributed by atoms with Crippen molar-refractivity contribution >= 4 is 11.8 Å². The van der Waals surface area contributed by atoms with Crippen molar-refractivity contribution in [1.82, 2.24) is 5.32 Å². The summed E-state index contributed by atoms with van der Waals surface area (Å²) in [6.07, 6.45) is -1.24. The van der Waals surface area contributed by atoms with Gasteiger partial charge in [-0.3, -0.25) is 0 Å². The van der Waals surface area contributed by atoms with Crippen LogP contribution in [0.1, 0.15) is 11.7 Å². The Morgan fingerprint density at radius 3 is 2.53 bits per heavy atom. The predicted octanol–water partition coefficient (Wildman–Crippen LogP) is 2.84. The fraction of sp³-hybridized carbons (Fsp3) is 0.455. The molecule has 1 unspecified atom stereocenters. The number of halogens is 5. The second-order valence-corrected chi connectivity index (χ2v) is 4.84. The Morgan fingerprint density at radius 2 is 1.95 bits per heavy atom. The molecule has 19 heavy (non-hydrogen) atoms. The van der Waals surface area contributed by atoms with Gasteiger partial charge in [0.1, 0.15) is 11.6 Å². The molecular weight excluding hydrogens is 289 g/mol. The Labute approximate surface area is 111 Å². The van der Waals surface area contributed by atoms with E-state index < -0.39 is 23.2 Å². The van der Waals surface area contributed by atoms with Gasteiger partial charge < -0.3 is 10.4 Å². The smallest absolute Gasteiger partial charge is 0.387 e. The van der Waals surface area contributed by atoms with Gasteiger partial charge >= 0.3 is 5.51 Å². The number of rotatable bonds is 6. The summed E-state index contributed by atoms with van der Waals surface area (Å²) in [4.78, 5) is 0. The first-order chi connectivity index (χ1) is 8.79. The topological polar surface area (TPSA) is 32.3 Å². The van der Waals surface area contributed by atoms with Gasteiger partial charge in [0.05, 0.1) is 6.10 Å². The summed E-state index contributed by atoms with van der Waals surface area (Å²) >= 11 is -0.182. The molecule has 8 heteroatoms. The van der Waals surface area contributed by atoms with Crippen molar-refractivity contribution in [2.75, 3.05) is 18.8 Å². The molecule has 0 aromatic heterocycles. The van der Waals surface area contributed by atoms with Crippen molar-refractivity contribution in [2.24, 2.45) is 0 Å². The fourth-order valence-corrected chi connectivity index (χ4v) is 1.84. The van der Waals surface area contributed by atoms with E-state index in [0.717, 1.165) is 12.1 Å². The summed E-state index contributed by atoms with van der Waals surface area (Å²) in [5.74, 6) is -1.86. The van der Waals surface area contributed by atoms with E-state index in [1.54, 1.807) is 0 Å². The standard InChI is InChI=1S/C11H12F5NOS/c12-7-1-2-8(9(13)5-7)10(18)6-17-3-4-19-11(14,15)16/h1-2,5,10,17-18H,3-4,6H2. The van der Waals surface area contributed by atoms with Gasteiger partial charge in [-0.2, -0.15) is 13.2 Å². The van der Waals surface area contributed by atoms with Crippen LogP contribution in [0, 0.1) is 11.6 Å². The molecule has 1 aromatic carbocycles. The Bertz CT molecular complexity index is 413. The third kappa shape index (κ3) is 6.22. The lowest BCUT2D eigenvalue weighted by atomic mass is 10.1. The van der Waals surface area contributed by atoms with Gasteiger partial charge in [-0.15, -0.1) is 0 Å². The molecule has 1 rings (SSSR count). The molecule has 0 fully saturated rings. The van der Waals surface area contributed by atoms with Gasteiger partial charge in [0, 0.05) is 30.5 Å². The predicted molar refractivity (Wildman–Crippen MR) is 62.7 cm³/mol. The zero-order valence-electron chi connectivity index (χ0n) is 9.68. The minimum atomic E-state index is -4.29. The zero-order chi connectivity index (χ0) is 14.5. The second kappa shape index (κ2) is 7.06. The highest BCUT2D eigenvalue weighted by molar-refractivity contribution is 8.00. The average molecular weight is 301 g/mol. The monoisotopic (exact) mass is 301 g/mol. The molecule has 0 bridgehead atoms. The Kier molecular flexibility index (Phi) is 6.02. The molecule has 0 saturated heterocycles. The molecule has 0 heterocycles. The molecule has 1 aromatic rings. The molecular formula is C11H12F5NOS. The molecule has 0 aliphatic carbocycles. The Hall–Kier alpha value is -0.860. The van der Waals surface area contributed by atoms with Crippen LogP contribution >= 0.6 is 11.8 Å². The highest BCUT2D eigenvalue weighted by atomic mass is 32.2. The molecule has 0 spiro atoms. The first-order valence-electron chi connectivity index (χ1n) is 5.34. The lowest BCUT2D eigenvalue weighted by molar-refractivity contribution is -0.0327. The SMILES string of the molecule is OC(CNCCSC(F)(F)F)c1ccc(F)cc1F. The van der Waals surface area contributed by atoms with Gasteiger partial charge in [-0.25, -0.2) is 8.78 Å². The Balaban J connectivity index is 2.33. The van der Waals surface area contributed by atoms with Crippen LogP contribution in [-0.4, -0.2) is 29.5 Å². The molecule has 0 saturated carbocycles. The van der Waals surface area contributed by atoms with Crippen LogP contribution in [0.5, 0.6) is 0 Å². The number of alkyl halides is 3. The van der Waals surface area contributed by atoms with E-state index in [0.29, 0.717) is 6.07 Å². The summed E-state index contributed by atoms with van der Waals surface area (Å²) in [5, 5.41) is 12.2. The minimum Gasteiger partial charge on any atom is -0.387 e. The largest absolute Gasteiger partial charge is 0.441 e. The van der Waals surface area contributed by atoms with Crippen LogP contribution in [0.25, 0.3) is 0 Å². The van der Waals surface area contributed by atoms with Crippen LogP contribution in [0.2, 0.25) is 0 Å². The van der Waals surface area contributed by atoms with E-state index in [9.17, 15) is 27.1 Å². The summed E-state index contributed by atoms with van der Waals surface area (Å²) in [6, 6.07) is 2.74. The van der Waals surface area contributed by atoms with Crippen LogP contribution in [0.15, 0.2) is 18.2 Å². The average Bonchev–Trinajstić information content (AvgIpc) is 2.26. The zero-order valence-corrected chi connectivity index (χ0v) is 10.5. The van der Waals surface area contributed by atoms with Gasteiger partial charge in [0.2, 0.25) is 0 Å². The summed E-state index contributed by atoms with van der Waals surface area (Å²) in [7, 11) is 0. The van der Waals surface area contributed by atoms with E-state index in [4.69, 9.17) is 0 Å². The normalized spacial score (nSPS) is 13.6. The van der Waals surface area contributed by atoms with Crippen molar-refractivity contribution in [1.29, 1.82) is 0 Å². The number of benzene rings is 1. The van der Waals surface area contributed by atoms with Crippen molar-refractivity contribution in [2.45, 2.75) is 11.6 Å². The van der Waals surface area contributed by atoms with Crippen molar-refractivity contribution in [3.8, 4) is 0 Å². The number of hydrogen-bond acceptors (Lipinski definition) is 3. The minimum absolute atomic E-state index is 0.0179. The molecule has 1 atom stereocenters. The van der Waals surface area contributed by atoms with Crippen LogP contribution < -0.4 is 5.32 Å². The maximum atomic E-state index is 13.3. The first kappa shape index (κ1) is 16.2. The van der Waals surface area contributed by atoms with Gasteiger partial charge in [0.25, 0.3) is 0 Å². The van der Waals surface area contributed by atoms with Crippen molar-refractivity contribution in [3.05, 3.63) is 35.4 Å². The maximum Gasteiger partial charge on any atom is 0.441 e. The number of nitrogens with one attached hydrogen (secondary N) is 1. The Morgan fingerprint density at radius 1 is 1.26 bits per heavy atom. The second-order valence-electron chi connectivity index (χ2n) is 3.68. The lowest BCUT2D eigenvalue weighted by Gasteiger charge is -2.13. The highest BCUT2D eigenvalue weighted by Crippen LogP contribution is 2.29. The molecule has 0 radical (unpaired) electrons. The van der Waals surface area contributed by atoms with E-state index in [2.05, 4.69) is 5.32 Å². The van der Waals surface area contributed by atoms with Crippen molar-refractivity contribution in [3.63, 3.8) is 0 Å². The number of hydrogen-bond donors (Lipinski definition) is 2. The number of thioether (sulfide) groups is 1. The van der Waals surface area contributed by atoms with Gasteiger partial charge in [-0.1, -0.05) is 6.07 Å². The van der Waals surface area contributed by atoms with Gasteiger partial charge in [0.15, 0.2) is 0 Å². The van der Waals surface area contributed by atoms with Crippen LogP contribution in [0.4, 0.5) is 22.0 Å². The van der Waals surface area contributed by atoms with Crippen molar-refractivity contribution < 1.29 is 27.1 Å². The highest BCUT2D eigenvalue weighted by Gasteiger charge is 2.27. The summed E-state index contributed by atoms with van der Waals surface area (Å²) in [5.41, 5.74) is -4.39. The number of aliphatic hydroxyl groups excluding tert-OH is 1. The van der Waals surface area contributed by atoms with Gasteiger partial charge in [-0.05, 0) is 17.8 Å². The molecule has 2 nitrogen and oxygen atoms in total. The first-order valence-corrected chi connectivity index (χ1v) is 6.32. The summed E-state index contributed by atoms with van der Waals surface area (Å²) in [6.45, 7) is -0.0922. The van der Waals surface area contributed by atoms with Crippen LogP contribution in [0.3, 0.4) is 0 Å². The molecule has 0 amide bonds. The molecule has 0 aliphatic heterocycles. The maximum absolute atomic E-state index is 13.3. The lowest BCUT2D eigenvalue weighted by Crippen LogP contribution is -2.25. The van der Waals surface area contributed by atoms with E-state index in [1.807, 2.05) is 0 Å². The quantitative estimate of drug-likeness (QED) is 0.626.